The highest BCUT2D eigenvalue weighted by molar-refractivity contribution is 6.03. The molecule has 1 aromatic carbocycles. The average molecular weight is 315 g/mol. The highest BCUT2D eigenvalue weighted by Gasteiger charge is 2.19. The van der Waals surface area contributed by atoms with E-state index in [0.29, 0.717) is 23.2 Å². The summed E-state index contributed by atoms with van der Waals surface area (Å²) in [7, 11) is 1.58. The summed E-state index contributed by atoms with van der Waals surface area (Å²) in [5.74, 6) is 0.337. The van der Waals surface area contributed by atoms with Gasteiger partial charge >= 0.3 is 0 Å². The number of hydrogen-bond acceptors (Lipinski definition) is 5. The van der Waals surface area contributed by atoms with Gasteiger partial charge in [0.05, 0.1) is 25.0 Å². The van der Waals surface area contributed by atoms with Gasteiger partial charge in [0.2, 0.25) is 0 Å². The van der Waals surface area contributed by atoms with E-state index in [0.717, 1.165) is 31.5 Å². The molecule has 1 fully saturated rings. The second-order valence-electron chi connectivity index (χ2n) is 5.72. The van der Waals surface area contributed by atoms with E-state index in [1.165, 1.54) is 0 Å². The SMILES string of the molecule is COc1ccc(C)cc1NC(=O)c1cn(C2CCNCC2)nn1. The van der Waals surface area contributed by atoms with Crippen molar-refractivity contribution in [2.24, 2.45) is 0 Å². The van der Waals surface area contributed by atoms with Gasteiger partial charge in [-0.2, -0.15) is 0 Å². The third-order valence-electron chi connectivity index (χ3n) is 4.03. The predicted molar refractivity (Wildman–Crippen MR) is 86.8 cm³/mol. The number of amides is 1. The topological polar surface area (TPSA) is 81.1 Å². The van der Waals surface area contributed by atoms with Gasteiger partial charge in [0, 0.05) is 0 Å². The van der Waals surface area contributed by atoms with Gasteiger partial charge in [-0.1, -0.05) is 11.3 Å². The van der Waals surface area contributed by atoms with Crippen LogP contribution in [0.4, 0.5) is 5.69 Å². The van der Waals surface area contributed by atoms with Crippen LogP contribution in [0.15, 0.2) is 24.4 Å². The quantitative estimate of drug-likeness (QED) is 0.899. The number of carbonyl (C=O) groups is 1. The maximum Gasteiger partial charge on any atom is 0.277 e. The molecule has 3 rings (SSSR count). The van der Waals surface area contributed by atoms with Crippen molar-refractivity contribution in [2.45, 2.75) is 25.8 Å². The number of ether oxygens (including phenoxy) is 1. The number of anilines is 1. The number of benzene rings is 1. The van der Waals surface area contributed by atoms with E-state index in [4.69, 9.17) is 4.74 Å². The summed E-state index contributed by atoms with van der Waals surface area (Å²) in [6.07, 6.45) is 3.71. The molecular formula is C16H21N5O2. The van der Waals surface area contributed by atoms with Gasteiger partial charge in [0.25, 0.3) is 5.91 Å². The standard InChI is InChI=1S/C16H21N5O2/c1-11-3-4-15(23-2)13(9-11)18-16(22)14-10-21(20-19-14)12-5-7-17-8-6-12/h3-4,9-10,12,17H,5-8H2,1-2H3,(H,18,22). The van der Waals surface area contributed by atoms with E-state index in [1.54, 1.807) is 18.0 Å². The Bertz CT molecular complexity index is 692. The number of carbonyl (C=O) groups excluding carboxylic acids is 1. The number of rotatable bonds is 4. The summed E-state index contributed by atoms with van der Waals surface area (Å²) < 4.78 is 7.07. The number of aromatic nitrogens is 3. The van der Waals surface area contributed by atoms with E-state index in [9.17, 15) is 4.79 Å². The van der Waals surface area contributed by atoms with Gasteiger partial charge in [0.1, 0.15) is 5.75 Å². The minimum absolute atomic E-state index is 0.283. The van der Waals surface area contributed by atoms with Gasteiger partial charge in [0.15, 0.2) is 5.69 Å². The van der Waals surface area contributed by atoms with Crippen LogP contribution in [0.3, 0.4) is 0 Å². The zero-order valence-corrected chi connectivity index (χ0v) is 13.4. The van der Waals surface area contributed by atoms with Crippen LogP contribution in [-0.4, -0.2) is 41.1 Å². The van der Waals surface area contributed by atoms with Crippen LogP contribution in [0, 0.1) is 6.92 Å². The number of aryl methyl sites for hydroxylation is 1. The zero-order chi connectivity index (χ0) is 16.2. The fraction of sp³-hybridized carbons (Fsp3) is 0.438. The Labute approximate surface area is 135 Å². The van der Waals surface area contributed by atoms with Crippen molar-refractivity contribution in [3.63, 3.8) is 0 Å². The minimum Gasteiger partial charge on any atom is -0.495 e. The first-order chi connectivity index (χ1) is 11.2. The molecule has 23 heavy (non-hydrogen) atoms. The van der Waals surface area contributed by atoms with Gasteiger partial charge < -0.3 is 15.4 Å². The lowest BCUT2D eigenvalue weighted by Crippen LogP contribution is -2.29. The van der Waals surface area contributed by atoms with Crippen LogP contribution >= 0.6 is 0 Å². The van der Waals surface area contributed by atoms with Crippen LogP contribution in [-0.2, 0) is 0 Å². The van der Waals surface area contributed by atoms with Crippen molar-refractivity contribution < 1.29 is 9.53 Å². The zero-order valence-electron chi connectivity index (χ0n) is 13.4. The van der Waals surface area contributed by atoms with Crippen molar-refractivity contribution in [1.29, 1.82) is 0 Å². The highest BCUT2D eigenvalue weighted by Crippen LogP contribution is 2.25. The molecule has 7 heteroatoms. The molecule has 122 valence electrons. The molecule has 0 aliphatic carbocycles. The Kier molecular flexibility index (Phi) is 4.57. The molecule has 1 saturated heterocycles. The Hall–Kier alpha value is -2.41. The Morgan fingerprint density at radius 3 is 2.91 bits per heavy atom. The van der Waals surface area contributed by atoms with Crippen LogP contribution < -0.4 is 15.4 Å². The van der Waals surface area contributed by atoms with E-state index in [-0.39, 0.29) is 5.91 Å². The van der Waals surface area contributed by atoms with Crippen molar-refractivity contribution in [1.82, 2.24) is 20.3 Å². The molecule has 1 aromatic heterocycles. The van der Waals surface area contributed by atoms with E-state index < -0.39 is 0 Å². The molecule has 0 unspecified atom stereocenters. The summed E-state index contributed by atoms with van der Waals surface area (Å²) in [4.78, 5) is 12.4. The van der Waals surface area contributed by atoms with Crippen LogP contribution in [0.1, 0.15) is 34.9 Å². The highest BCUT2D eigenvalue weighted by atomic mass is 16.5. The van der Waals surface area contributed by atoms with Crippen LogP contribution in [0.25, 0.3) is 0 Å². The molecule has 0 radical (unpaired) electrons. The number of hydrogen-bond donors (Lipinski definition) is 2. The number of piperidine rings is 1. The first-order valence-electron chi connectivity index (χ1n) is 7.76. The summed E-state index contributed by atoms with van der Waals surface area (Å²) in [5, 5.41) is 14.3. The molecular weight excluding hydrogens is 294 g/mol. The van der Waals surface area contributed by atoms with Crippen LogP contribution in [0.2, 0.25) is 0 Å². The van der Waals surface area contributed by atoms with Crippen molar-refractivity contribution in [2.75, 3.05) is 25.5 Å². The lowest BCUT2D eigenvalue weighted by atomic mass is 10.1. The molecule has 0 spiro atoms. The van der Waals surface area contributed by atoms with E-state index in [1.807, 2.05) is 25.1 Å². The molecule has 0 bridgehead atoms. The van der Waals surface area contributed by atoms with Gasteiger partial charge in [-0.05, 0) is 50.6 Å². The molecule has 2 heterocycles. The van der Waals surface area contributed by atoms with E-state index >= 15 is 0 Å². The van der Waals surface area contributed by atoms with Crippen molar-refractivity contribution in [3.05, 3.63) is 35.7 Å². The predicted octanol–water partition coefficient (Wildman–Crippen LogP) is 1.77. The molecule has 1 amide bonds. The van der Waals surface area contributed by atoms with Crippen molar-refractivity contribution in [3.8, 4) is 5.75 Å². The normalized spacial score (nSPS) is 15.4. The maximum absolute atomic E-state index is 12.4. The lowest BCUT2D eigenvalue weighted by molar-refractivity contribution is 0.102. The van der Waals surface area contributed by atoms with Gasteiger partial charge in [-0.3, -0.25) is 4.79 Å². The first kappa shape index (κ1) is 15.5. The monoisotopic (exact) mass is 315 g/mol. The fourth-order valence-electron chi connectivity index (χ4n) is 2.74. The molecule has 2 aromatic rings. The van der Waals surface area contributed by atoms with E-state index in [2.05, 4.69) is 20.9 Å². The smallest absolute Gasteiger partial charge is 0.277 e. The summed E-state index contributed by atoms with van der Waals surface area (Å²) in [6, 6.07) is 5.94. The number of nitrogens with one attached hydrogen (secondary N) is 2. The average Bonchev–Trinajstić information content (AvgIpc) is 3.06. The van der Waals surface area contributed by atoms with Gasteiger partial charge in [-0.15, -0.1) is 5.10 Å². The molecule has 0 atom stereocenters. The summed E-state index contributed by atoms with van der Waals surface area (Å²) in [5.41, 5.74) is 1.99. The third-order valence-corrected chi connectivity index (χ3v) is 4.03. The Morgan fingerprint density at radius 2 is 2.17 bits per heavy atom. The summed E-state index contributed by atoms with van der Waals surface area (Å²) in [6.45, 7) is 3.89. The molecule has 1 aliphatic heterocycles. The first-order valence-corrected chi connectivity index (χ1v) is 7.76. The maximum atomic E-state index is 12.4. The molecule has 7 nitrogen and oxygen atoms in total. The third kappa shape index (κ3) is 3.50. The Morgan fingerprint density at radius 1 is 1.39 bits per heavy atom. The molecule has 2 N–H and O–H groups in total. The van der Waals surface area contributed by atoms with Gasteiger partial charge in [-0.25, -0.2) is 4.68 Å². The number of nitrogens with zero attached hydrogens (tertiary/aromatic N) is 3. The Balaban J connectivity index is 1.73. The number of methoxy groups -OCH3 is 1. The second kappa shape index (κ2) is 6.78. The summed E-state index contributed by atoms with van der Waals surface area (Å²) >= 11 is 0. The largest absolute Gasteiger partial charge is 0.495 e. The molecule has 1 aliphatic rings. The fourth-order valence-corrected chi connectivity index (χ4v) is 2.74. The second-order valence-corrected chi connectivity index (χ2v) is 5.72. The van der Waals surface area contributed by atoms with Crippen LogP contribution in [0.5, 0.6) is 5.75 Å². The minimum atomic E-state index is -0.283. The molecule has 0 saturated carbocycles. The van der Waals surface area contributed by atoms with Crippen molar-refractivity contribution >= 4 is 11.6 Å². The lowest BCUT2D eigenvalue weighted by Gasteiger charge is -2.22.